The molecule has 0 amide bonds. The lowest BCUT2D eigenvalue weighted by molar-refractivity contribution is 0.603. The molecule has 6 nitrogen and oxygen atoms in total. The van der Waals surface area contributed by atoms with E-state index < -0.39 is 10.0 Å². The molecule has 0 aromatic carbocycles. The maximum absolute atomic E-state index is 12.3. The van der Waals surface area contributed by atoms with E-state index in [0.717, 1.165) is 22.9 Å². The molecule has 0 aliphatic heterocycles. The van der Waals surface area contributed by atoms with E-state index >= 15 is 0 Å². The molecule has 2 N–H and O–H groups in total. The van der Waals surface area contributed by atoms with Gasteiger partial charge in [-0.1, -0.05) is 18.3 Å². The molecule has 1 aliphatic carbocycles. The van der Waals surface area contributed by atoms with Gasteiger partial charge in [0.25, 0.3) is 10.0 Å². The standard InChI is InChI=1S/C12H16N4O2S3/c1-2-10-14-15-12(20-10)16-21(17,18)11-6-5-9(19-11)7-13-8-3-4-8/h5-6,8,13H,2-4,7H2,1H3,(H,15,16). The molecule has 2 heterocycles. The Morgan fingerprint density at radius 3 is 2.76 bits per heavy atom. The van der Waals surface area contributed by atoms with Gasteiger partial charge in [0.15, 0.2) is 0 Å². The maximum Gasteiger partial charge on any atom is 0.273 e. The molecule has 2 aromatic heterocycles. The molecule has 3 rings (SSSR count). The summed E-state index contributed by atoms with van der Waals surface area (Å²) in [5.41, 5.74) is 0. The summed E-state index contributed by atoms with van der Waals surface area (Å²) >= 11 is 2.55. The highest BCUT2D eigenvalue weighted by Gasteiger charge is 2.22. The van der Waals surface area contributed by atoms with Crippen LogP contribution in [0.5, 0.6) is 0 Å². The van der Waals surface area contributed by atoms with E-state index in [0.29, 0.717) is 15.4 Å². The van der Waals surface area contributed by atoms with Crippen LogP contribution < -0.4 is 10.0 Å². The molecule has 2 aromatic rings. The summed E-state index contributed by atoms with van der Waals surface area (Å²) in [7, 11) is -3.56. The Morgan fingerprint density at radius 1 is 1.29 bits per heavy atom. The number of hydrogen-bond donors (Lipinski definition) is 2. The van der Waals surface area contributed by atoms with Gasteiger partial charge in [-0.3, -0.25) is 4.72 Å². The van der Waals surface area contributed by atoms with E-state index in [4.69, 9.17) is 0 Å². The fourth-order valence-corrected chi connectivity index (χ4v) is 4.95. The third-order valence-electron chi connectivity index (χ3n) is 3.04. The lowest BCUT2D eigenvalue weighted by Gasteiger charge is -2.01. The van der Waals surface area contributed by atoms with Crippen LogP contribution in [0.2, 0.25) is 0 Å². The van der Waals surface area contributed by atoms with Crippen molar-refractivity contribution in [3.8, 4) is 0 Å². The molecule has 0 bridgehead atoms. The number of sulfonamides is 1. The van der Waals surface area contributed by atoms with Gasteiger partial charge in [-0.2, -0.15) is 0 Å². The Kier molecular flexibility index (Phi) is 4.25. The molecular weight excluding hydrogens is 328 g/mol. The molecule has 0 atom stereocenters. The summed E-state index contributed by atoms with van der Waals surface area (Å²) in [5, 5.41) is 12.3. The van der Waals surface area contributed by atoms with Crippen LogP contribution in [0.1, 0.15) is 29.7 Å². The SMILES string of the molecule is CCc1nnc(NS(=O)(=O)c2ccc(CNC3CC3)s2)s1. The lowest BCUT2D eigenvalue weighted by Crippen LogP contribution is -2.14. The Bertz CT molecular complexity index is 718. The summed E-state index contributed by atoms with van der Waals surface area (Å²) in [6.45, 7) is 2.68. The van der Waals surface area contributed by atoms with Crippen LogP contribution in [-0.2, 0) is 23.0 Å². The fourth-order valence-electron chi connectivity index (χ4n) is 1.73. The van der Waals surface area contributed by atoms with Gasteiger partial charge in [0.1, 0.15) is 9.22 Å². The summed E-state index contributed by atoms with van der Waals surface area (Å²) in [6, 6.07) is 4.10. The quantitative estimate of drug-likeness (QED) is 0.804. The molecule has 9 heteroatoms. The largest absolute Gasteiger partial charge is 0.309 e. The van der Waals surface area contributed by atoms with Crippen LogP contribution in [-0.4, -0.2) is 24.7 Å². The molecule has 114 valence electrons. The zero-order chi connectivity index (χ0) is 14.9. The summed E-state index contributed by atoms with van der Waals surface area (Å²) in [4.78, 5) is 1.02. The Morgan fingerprint density at radius 2 is 2.10 bits per heavy atom. The minimum atomic E-state index is -3.56. The van der Waals surface area contributed by atoms with E-state index in [9.17, 15) is 8.42 Å². The molecule has 1 fully saturated rings. The number of aryl methyl sites for hydroxylation is 1. The Hall–Kier alpha value is -1.03. The van der Waals surface area contributed by atoms with Crippen molar-refractivity contribution in [3.63, 3.8) is 0 Å². The van der Waals surface area contributed by atoms with Crippen molar-refractivity contribution in [1.82, 2.24) is 15.5 Å². The number of thiophene rings is 1. The van der Waals surface area contributed by atoms with Gasteiger partial charge in [-0.15, -0.1) is 21.5 Å². The van der Waals surface area contributed by atoms with Gasteiger partial charge in [0.05, 0.1) is 0 Å². The van der Waals surface area contributed by atoms with Crippen LogP contribution in [0.25, 0.3) is 0 Å². The zero-order valence-electron chi connectivity index (χ0n) is 11.5. The first-order valence-corrected chi connectivity index (χ1v) is 9.86. The second-order valence-electron chi connectivity index (χ2n) is 4.84. The number of anilines is 1. The number of nitrogens with zero attached hydrogens (tertiary/aromatic N) is 2. The second kappa shape index (κ2) is 5.99. The van der Waals surface area contributed by atoms with Gasteiger partial charge >= 0.3 is 0 Å². The van der Waals surface area contributed by atoms with Gasteiger partial charge in [0.2, 0.25) is 5.13 Å². The van der Waals surface area contributed by atoms with Gasteiger partial charge < -0.3 is 5.32 Å². The number of rotatable bonds is 7. The summed E-state index contributed by atoms with van der Waals surface area (Å²) < 4.78 is 27.4. The third-order valence-corrected chi connectivity index (χ3v) is 7.06. The summed E-state index contributed by atoms with van der Waals surface area (Å²) in [6.07, 6.45) is 3.18. The van der Waals surface area contributed by atoms with Gasteiger partial charge in [-0.05, 0) is 31.4 Å². The Labute approximate surface area is 131 Å². The third kappa shape index (κ3) is 3.79. The predicted octanol–water partition coefficient (Wildman–Crippen LogP) is 2.21. The number of nitrogens with one attached hydrogen (secondary N) is 2. The van der Waals surface area contributed by atoms with Crippen LogP contribution in [0.15, 0.2) is 16.3 Å². The minimum Gasteiger partial charge on any atom is -0.309 e. The zero-order valence-corrected chi connectivity index (χ0v) is 13.9. The molecule has 0 spiro atoms. The first-order valence-electron chi connectivity index (χ1n) is 6.74. The van der Waals surface area contributed by atoms with Crippen molar-refractivity contribution in [1.29, 1.82) is 0 Å². The molecule has 1 saturated carbocycles. The lowest BCUT2D eigenvalue weighted by atomic mass is 10.4. The molecule has 0 saturated heterocycles. The van der Waals surface area contributed by atoms with Crippen LogP contribution in [0, 0.1) is 0 Å². The van der Waals surface area contributed by atoms with E-state index in [1.807, 2.05) is 13.0 Å². The van der Waals surface area contributed by atoms with Crippen molar-refractivity contribution in [2.75, 3.05) is 4.72 Å². The van der Waals surface area contributed by atoms with E-state index in [1.54, 1.807) is 6.07 Å². The molecule has 0 unspecified atom stereocenters. The topological polar surface area (TPSA) is 84.0 Å². The van der Waals surface area contributed by atoms with Gasteiger partial charge in [0, 0.05) is 17.5 Å². The minimum absolute atomic E-state index is 0.309. The van der Waals surface area contributed by atoms with Crippen LogP contribution in [0.3, 0.4) is 0 Å². The van der Waals surface area contributed by atoms with Crippen LogP contribution >= 0.6 is 22.7 Å². The molecule has 1 aliphatic rings. The highest BCUT2D eigenvalue weighted by molar-refractivity contribution is 7.94. The molecular formula is C12H16N4O2S3. The maximum atomic E-state index is 12.3. The number of aromatic nitrogens is 2. The Balaban J connectivity index is 1.68. The van der Waals surface area contributed by atoms with Crippen molar-refractivity contribution >= 4 is 37.8 Å². The smallest absolute Gasteiger partial charge is 0.273 e. The highest BCUT2D eigenvalue weighted by Crippen LogP contribution is 2.26. The predicted molar refractivity (Wildman–Crippen MR) is 84.3 cm³/mol. The fraction of sp³-hybridized carbons (Fsp3) is 0.500. The van der Waals surface area contributed by atoms with E-state index in [2.05, 4.69) is 20.2 Å². The van der Waals surface area contributed by atoms with E-state index in [1.165, 1.54) is 35.5 Å². The monoisotopic (exact) mass is 344 g/mol. The van der Waals surface area contributed by atoms with Crippen molar-refractivity contribution in [3.05, 3.63) is 22.0 Å². The number of hydrogen-bond acceptors (Lipinski definition) is 7. The highest BCUT2D eigenvalue weighted by atomic mass is 32.2. The first-order chi connectivity index (χ1) is 10.1. The van der Waals surface area contributed by atoms with Crippen molar-refractivity contribution < 1.29 is 8.42 Å². The normalized spacial score (nSPS) is 15.3. The van der Waals surface area contributed by atoms with E-state index in [-0.39, 0.29) is 0 Å². The average Bonchev–Trinajstić information content (AvgIpc) is 2.98. The molecule has 0 radical (unpaired) electrons. The molecule has 21 heavy (non-hydrogen) atoms. The summed E-state index contributed by atoms with van der Waals surface area (Å²) in [5.74, 6) is 0. The van der Waals surface area contributed by atoms with Crippen molar-refractivity contribution in [2.24, 2.45) is 0 Å². The van der Waals surface area contributed by atoms with Gasteiger partial charge in [-0.25, -0.2) is 8.42 Å². The second-order valence-corrected chi connectivity index (χ2v) is 8.98. The van der Waals surface area contributed by atoms with Crippen molar-refractivity contribution in [2.45, 2.75) is 43.0 Å². The van der Waals surface area contributed by atoms with Crippen LogP contribution in [0.4, 0.5) is 5.13 Å². The first kappa shape index (κ1) is 14.9. The average molecular weight is 344 g/mol.